The first-order valence-corrected chi connectivity index (χ1v) is 10.2. The molecule has 0 aromatic heterocycles. The second kappa shape index (κ2) is 9.40. The molecule has 0 aliphatic heterocycles. The smallest absolute Gasteiger partial charge is 0.410 e. The molecule has 0 saturated heterocycles. The Morgan fingerprint density at radius 1 is 1.04 bits per heavy atom. The number of hydrogen-bond acceptors (Lipinski definition) is 4. The van der Waals surface area contributed by atoms with E-state index in [4.69, 9.17) is 9.26 Å². The van der Waals surface area contributed by atoms with Gasteiger partial charge in [-0.25, -0.2) is 4.79 Å². The van der Waals surface area contributed by atoms with E-state index in [-0.39, 0.29) is 0 Å². The second-order valence-electron chi connectivity index (χ2n) is 5.54. The predicted octanol–water partition coefficient (Wildman–Crippen LogP) is 4.33. The summed E-state index contributed by atoms with van der Waals surface area (Å²) in [6.45, 7) is 4.60. The van der Waals surface area contributed by atoms with Gasteiger partial charge in [0, 0.05) is 18.0 Å². The van der Waals surface area contributed by atoms with Crippen molar-refractivity contribution < 1.29 is 18.6 Å². The minimum atomic E-state index is -2.83. The maximum Gasteiger partial charge on any atom is 0.412 e. The maximum atomic E-state index is 12.9. The van der Waals surface area contributed by atoms with E-state index < -0.39 is 13.5 Å². The van der Waals surface area contributed by atoms with Gasteiger partial charge < -0.3 is 14.6 Å². The van der Waals surface area contributed by atoms with Crippen molar-refractivity contribution in [1.29, 1.82) is 0 Å². The Balaban J connectivity index is 1.95. The molecule has 2 aromatic carbocycles. The number of hydrogen-bond donors (Lipinski definition) is 1. The molecule has 5 nitrogen and oxygen atoms in total. The molecule has 25 heavy (non-hydrogen) atoms. The molecule has 134 valence electrons. The van der Waals surface area contributed by atoms with Crippen LogP contribution in [0.5, 0.6) is 5.75 Å². The Hall–Kier alpha value is -2.10. The highest BCUT2D eigenvalue weighted by Gasteiger charge is 2.24. The lowest BCUT2D eigenvalue weighted by Crippen LogP contribution is -2.26. The fraction of sp³-hybridized carbons (Fsp3) is 0.316. The van der Waals surface area contributed by atoms with Crippen molar-refractivity contribution in [3.63, 3.8) is 0 Å². The number of amides is 1. The van der Waals surface area contributed by atoms with Gasteiger partial charge >= 0.3 is 6.09 Å². The summed E-state index contributed by atoms with van der Waals surface area (Å²) in [7, 11) is -2.83. The van der Waals surface area contributed by atoms with E-state index in [1.807, 2.05) is 44.2 Å². The summed E-state index contributed by atoms with van der Waals surface area (Å²) in [6.07, 6.45) is 0.744. The molecule has 2 aromatic rings. The van der Waals surface area contributed by atoms with E-state index in [1.54, 1.807) is 24.3 Å². The number of ether oxygens (including phenoxy) is 1. The van der Waals surface area contributed by atoms with Gasteiger partial charge in [-0.2, -0.15) is 0 Å². The van der Waals surface area contributed by atoms with Crippen LogP contribution in [0.2, 0.25) is 0 Å². The second-order valence-corrected chi connectivity index (χ2v) is 8.11. The van der Waals surface area contributed by atoms with Crippen LogP contribution < -0.4 is 15.4 Å². The summed E-state index contributed by atoms with van der Waals surface area (Å²) in [5.74, 6) is 0.397. The standard InChI is InChI=1S/C19H24NO4P/c1-3-14-25(22,23-4-2)18-12-10-17(11-13-18)24-19(21)20-15-16-8-6-5-7-9-16/h5-13H,3-4,14-15H2,1-2H3,(H,20,21). The van der Waals surface area contributed by atoms with Crippen molar-refractivity contribution >= 4 is 18.8 Å². The van der Waals surface area contributed by atoms with Gasteiger partial charge in [0.05, 0.1) is 6.61 Å². The van der Waals surface area contributed by atoms with Crippen molar-refractivity contribution in [2.45, 2.75) is 26.8 Å². The average molecular weight is 361 g/mol. The lowest BCUT2D eigenvalue weighted by Gasteiger charge is -2.17. The van der Waals surface area contributed by atoms with Gasteiger partial charge in [-0.05, 0) is 43.2 Å². The van der Waals surface area contributed by atoms with Crippen molar-refractivity contribution in [3.05, 3.63) is 60.2 Å². The zero-order valence-corrected chi connectivity index (χ0v) is 15.5. The molecular weight excluding hydrogens is 337 g/mol. The van der Waals surface area contributed by atoms with Gasteiger partial charge in [0.15, 0.2) is 0 Å². The van der Waals surface area contributed by atoms with Gasteiger partial charge in [-0.1, -0.05) is 37.3 Å². The molecule has 0 aliphatic rings. The summed E-state index contributed by atoms with van der Waals surface area (Å²) in [6, 6.07) is 16.3. The molecule has 0 fully saturated rings. The predicted molar refractivity (Wildman–Crippen MR) is 99.8 cm³/mol. The molecule has 0 bridgehead atoms. The molecule has 0 heterocycles. The zero-order valence-electron chi connectivity index (χ0n) is 14.6. The fourth-order valence-electron chi connectivity index (χ4n) is 2.43. The number of nitrogens with one attached hydrogen (secondary N) is 1. The van der Waals surface area contributed by atoms with Gasteiger partial charge in [-0.3, -0.25) is 4.57 Å². The minimum Gasteiger partial charge on any atom is -0.410 e. The Morgan fingerprint density at radius 3 is 2.32 bits per heavy atom. The van der Waals surface area contributed by atoms with Crippen LogP contribution in [0.25, 0.3) is 0 Å². The molecule has 0 spiro atoms. The van der Waals surface area contributed by atoms with Crippen LogP contribution in [0.1, 0.15) is 25.8 Å². The fourth-order valence-corrected chi connectivity index (χ4v) is 4.57. The highest BCUT2D eigenvalue weighted by atomic mass is 31.2. The first kappa shape index (κ1) is 19.2. The van der Waals surface area contributed by atoms with Crippen LogP contribution >= 0.6 is 7.37 Å². The molecule has 0 radical (unpaired) electrons. The first-order valence-electron chi connectivity index (χ1n) is 8.41. The van der Waals surface area contributed by atoms with Crippen molar-refractivity contribution in [3.8, 4) is 5.75 Å². The summed E-state index contributed by atoms with van der Waals surface area (Å²) in [5.41, 5.74) is 0.993. The minimum absolute atomic E-state index is 0.397. The van der Waals surface area contributed by atoms with Crippen LogP contribution in [-0.2, 0) is 15.6 Å². The summed E-state index contributed by atoms with van der Waals surface area (Å²) >= 11 is 0. The highest BCUT2D eigenvalue weighted by molar-refractivity contribution is 7.67. The molecule has 0 saturated carbocycles. The summed E-state index contributed by atoms with van der Waals surface area (Å²) in [4.78, 5) is 11.9. The quantitative estimate of drug-likeness (QED) is 0.711. The normalized spacial score (nSPS) is 13.0. The van der Waals surface area contributed by atoms with Crippen molar-refractivity contribution in [1.82, 2.24) is 5.32 Å². The summed E-state index contributed by atoms with van der Waals surface area (Å²) < 4.78 is 23.6. The van der Waals surface area contributed by atoms with E-state index in [0.29, 0.717) is 30.4 Å². The van der Waals surface area contributed by atoms with E-state index in [1.165, 1.54) is 0 Å². The van der Waals surface area contributed by atoms with Gasteiger partial charge in [0.2, 0.25) is 7.37 Å². The van der Waals surface area contributed by atoms with Gasteiger partial charge in [0.25, 0.3) is 0 Å². The number of rotatable bonds is 8. The van der Waals surface area contributed by atoms with Crippen LogP contribution in [0.4, 0.5) is 4.79 Å². The van der Waals surface area contributed by atoms with Crippen molar-refractivity contribution in [2.75, 3.05) is 12.8 Å². The lowest BCUT2D eigenvalue weighted by molar-refractivity contribution is 0.200. The third-order valence-corrected chi connectivity index (χ3v) is 6.37. The Kier molecular flexibility index (Phi) is 7.23. The largest absolute Gasteiger partial charge is 0.412 e. The van der Waals surface area contributed by atoms with Crippen LogP contribution in [0, 0.1) is 0 Å². The van der Waals surface area contributed by atoms with Crippen LogP contribution in [-0.4, -0.2) is 18.9 Å². The molecule has 1 unspecified atom stereocenters. The number of carbonyl (C=O) groups is 1. The third kappa shape index (κ3) is 5.73. The molecule has 1 atom stereocenters. The number of carbonyl (C=O) groups excluding carboxylic acids is 1. The Labute approximate surface area is 148 Å². The molecular formula is C19H24NO4P. The zero-order chi connectivity index (χ0) is 18.1. The molecule has 1 amide bonds. The SMILES string of the molecule is CCCP(=O)(OCC)c1ccc(OC(=O)NCc2ccccc2)cc1. The van der Waals surface area contributed by atoms with Crippen LogP contribution in [0.3, 0.4) is 0 Å². The first-order chi connectivity index (χ1) is 12.1. The number of benzene rings is 2. The monoisotopic (exact) mass is 361 g/mol. The third-order valence-electron chi connectivity index (χ3n) is 3.58. The molecule has 0 aliphatic carbocycles. The Bertz CT molecular complexity index is 706. The summed E-state index contributed by atoms with van der Waals surface area (Å²) in [5, 5.41) is 3.34. The lowest BCUT2D eigenvalue weighted by atomic mass is 10.2. The molecule has 6 heteroatoms. The van der Waals surface area contributed by atoms with Gasteiger partial charge in [-0.15, -0.1) is 0 Å². The highest BCUT2D eigenvalue weighted by Crippen LogP contribution is 2.46. The van der Waals surface area contributed by atoms with Gasteiger partial charge in [0.1, 0.15) is 5.75 Å². The maximum absolute atomic E-state index is 12.9. The molecule has 1 N–H and O–H groups in total. The van der Waals surface area contributed by atoms with Crippen molar-refractivity contribution in [2.24, 2.45) is 0 Å². The van der Waals surface area contributed by atoms with E-state index in [0.717, 1.165) is 12.0 Å². The van der Waals surface area contributed by atoms with Crippen LogP contribution in [0.15, 0.2) is 54.6 Å². The topological polar surface area (TPSA) is 64.6 Å². The average Bonchev–Trinajstić information content (AvgIpc) is 2.62. The van der Waals surface area contributed by atoms with E-state index in [2.05, 4.69) is 5.32 Å². The Morgan fingerprint density at radius 2 is 1.72 bits per heavy atom. The van der Waals surface area contributed by atoms with E-state index >= 15 is 0 Å². The van der Waals surface area contributed by atoms with E-state index in [9.17, 15) is 9.36 Å². The molecule has 2 rings (SSSR count).